The van der Waals surface area contributed by atoms with Gasteiger partial charge < -0.3 is 19.0 Å². The lowest BCUT2D eigenvalue weighted by Gasteiger charge is -2.67. The molecule has 1 aliphatic carbocycles. The fourth-order valence-corrected chi connectivity index (χ4v) is 14.6. The second-order valence-corrected chi connectivity index (χ2v) is 22.0. The van der Waals surface area contributed by atoms with E-state index in [1.165, 1.54) is 63.4 Å². The Morgan fingerprint density at radius 3 is 2.28 bits per heavy atom. The third kappa shape index (κ3) is 8.81. The predicted molar refractivity (Wildman–Crippen MR) is 222 cm³/mol. The summed E-state index contributed by atoms with van der Waals surface area (Å²) in [5.74, 6) is 1.95. The molecule has 0 radical (unpaired) electrons. The number of allylic oxidation sites excluding steroid dienone is 5. The van der Waals surface area contributed by atoms with Crippen molar-refractivity contribution >= 4 is 8.32 Å². The van der Waals surface area contributed by atoms with Gasteiger partial charge in [0.25, 0.3) is 0 Å². The first kappa shape index (κ1) is 40.9. The Balaban J connectivity index is 1.55. The SMILES string of the molecule is CC[Si](CC)(CC)O[C@@H]1/C=C\C=C/C/C=C\CCCN2C[C@H]3C[C@]4(CO)CCCCCCCCCCN5CC[C@H]3[C@@]2([C@@H]1OCc1ccc(OC)cc1)[C@@H]54. The molecule has 1 aromatic carbocycles. The van der Waals surface area contributed by atoms with Gasteiger partial charge >= 0.3 is 0 Å². The van der Waals surface area contributed by atoms with Gasteiger partial charge in [0.15, 0.2) is 8.32 Å². The first-order chi connectivity index (χ1) is 26.0. The number of methoxy groups -OCH3 is 1. The summed E-state index contributed by atoms with van der Waals surface area (Å²) >= 11 is 0. The molecular weight excluding hydrogens is 673 g/mol. The standard InChI is InChI=1S/C46H74N2O4Si/c1-5-53(6-2,7-3)52-42-24-20-16-12-8-10-15-19-23-32-48-35-39-34-45(37-49)30-21-17-13-9-11-14-18-22-31-47-33-29-41(39)46(48,44(45)47)43(42)51-36-38-25-27-40(50-4)28-26-38/h10,12,15-16,20,24-28,39,41-44,49H,5-9,11,13-14,17-19,21-23,29-37H2,1-4H3/b15-10-,16-12-,24-20-/t39-,41-,42-,43-,44+,45+,46-/m1/s1. The Kier molecular flexibility index (Phi) is 15.0. The quantitative estimate of drug-likeness (QED) is 0.190. The first-order valence-electron chi connectivity index (χ1n) is 22.0. The van der Waals surface area contributed by atoms with Gasteiger partial charge in [-0.25, -0.2) is 0 Å². The zero-order chi connectivity index (χ0) is 37.2. The van der Waals surface area contributed by atoms with E-state index in [0.29, 0.717) is 18.4 Å². The number of rotatable bonds is 10. The topological polar surface area (TPSA) is 54.4 Å². The van der Waals surface area contributed by atoms with Crippen LogP contribution < -0.4 is 4.74 Å². The van der Waals surface area contributed by atoms with Crippen LogP contribution in [0.15, 0.2) is 60.7 Å². The Hall–Kier alpha value is -1.74. The summed E-state index contributed by atoms with van der Waals surface area (Å²) in [7, 11) is -0.335. The maximum atomic E-state index is 11.9. The van der Waals surface area contributed by atoms with Crippen LogP contribution in [-0.2, 0) is 15.8 Å². The lowest BCUT2D eigenvalue weighted by Crippen LogP contribution is -2.79. The number of aliphatic hydroxyl groups excluding tert-OH is 1. The van der Waals surface area contributed by atoms with Crippen molar-refractivity contribution in [1.29, 1.82) is 0 Å². The Morgan fingerprint density at radius 1 is 0.830 bits per heavy atom. The molecule has 4 aliphatic heterocycles. The van der Waals surface area contributed by atoms with E-state index < -0.39 is 8.32 Å². The van der Waals surface area contributed by atoms with Gasteiger partial charge in [0.1, 0.15) is 11.9 Å². The van der Waals surface area contributed by atoms with E-state index in [4.69, 9.17) is 13.9 Å². The van der Waals surface area contributed by atoms with Crippen LogP contribution in [0.3, 0.4) is 0 Å². The molecular formula is C46H74N2O4Si. The smallest absolute Gasteiger partial charge is 0.193 e. The van der Waals surface area contributed by atoms with Crippen molar-refractivity contribution < 1.29 is 19.0 Å². The third-order valence-electron chi connectivity index (χ3n) is 14.6. The average Bonchev–Trinajstić information content (AvgIpc) is 3.43. The van der Waals surface area contributed by atoms with E-state index in [9.17, 15) is 5.11 Å². The van der Waals surface area contributed by atoms with Crippen LogP contribution in [0.25, 0.3) is 0 Å². The minimum absolute atomic E-state index is 0.152. The summed E-state index contributed by atoms with van der Waals surface area (Å²) in [6.07, 6.45) is 30.7. The van der Waals surface area contributed by atoms with Crippen LogP contribution in [0, 0.1) is 17.3 Å². The van der Waals surface area contributed by atoms with Gasteiger partial charge in [0.05, 0.1) is 32.0 Å². The molecule has 0 aromatic heterocycles. The Morgan fingerprint density at radius 2 is 1.57 bits per heavy atom. The van der Waals surface area contributed by atoms with Crippen molar-refractivity contribution in [2.75, 3.05) is 39.9 Å². The summed E-state index contributed by atoms with van der Waals surface area (Å²) < 4.78 is 21.0. The van der Waals surface area contributed by atoms with Crippen LogP contribution in [0.1, 0.15) is 116 Å². The molecule has 0 amide bonds. The Bertz CT molecular complexity index is 1340. The molecule has 4 fully saturated rings. The molecule has 296 valence electrons. The molecule has 53 heavy (non-hydrogen) atoms. The first-order valence-corrected chi connectivity index (χ1v) is 24.5. The summed E-state index contributed by atoms with van der Waals surface area (Å²) in [4.78, 5) is 5.87. The van der Waals surface area contributed by atoms with Gasteiger partial charge in [-0.2, -0.15) is 0 Å². The van der Waals surface area contributed by atoms with Crippen molar-refractivity contribution in [2.24, 2.45) is 17.3 Å². The third-order valence-corrected chi connectivity index (χ3v) is 19.2. The van der Waals surface area contributed by atoms with Crippen molar-refractivity contribution in [2.45, 2.75) is 159 Å². The largest absolute Gasteiger partial charge is 0.497 e. The van der Waals surface area contributed by atoms with Gasteiger partial charge in [0.2, 0.25) is 0 Å². The van der Waals surface area contributed by atoms with Crippen molar-refractivity contribution in [3.63, 3.8) is 0 Å². The summed E-state index contributed by atoms with van der Waals surface area (Å²) in [6, 6.07) is 12.0. The van der Waals surface area contributed by atoms with E-state index in [2.05, 4.69) is 91.3 Å². The lowest BCUT2D eigenvalue weighted by atomic mass is 9.50. The molecule has 3 saturated heterocycles. The number of nitrogens with zero attached hydrogens (tertiary/aromatic N) is 2. The van der Waals surface area contributed by atoms with Crippen LogP contribution in [0.4, 0.5) is 0 Å². The fraction of sp³-hybridized carbons (Fsp3) is 0.739. The van der Waals surface area contributed by atoms with Crippen LogP contribution in [0.5, 0.6) is 5.75 Å². The molecule has 0 unspecified atom stereocenters. The highest BCUT2D eigenvalue weighted by molar-refractivity contribution is 6.73. The zero-order valence-electron chi connectivity index (χ0n) is 34.0. The van der Waals surface area contributed by atoms with Crippen molar-refractivity contribution in [3.8, 4) is 5.75 Å². The molecule has 6 rings (SSSR count). The predicted octanol–water partition coefficient (Wildman–Crippen LogP) is 10.1. The average molecular weight is 747 g/mol. The molecule has 1 aromatic rings. The normalized spacial score (nSPS) is 35.5. The number of aliphatic hydroxyl groups is 1. The second-order valence-electron chi connectivity index (χ2n) is 17.3. The van der Waals surface area contributed by atoms with E-state index in [0.717, 1.165) is 82.2 Å². The van der Waals surface area contributed by atoms with Crippen LogP contribution in [0.2, 0.25) is 18.1 Å². The van der Waals surface area contributed by atoms with E-state index in [1.807, 2.05) is 0 Å². The van der Waals surface area contributed by atoms with E-state index in [-0.39, 0.29) is 35.8 Å². The molecule has 5 aliphatic rings. The van der Waals surface area contributed by atoms with Gasteiger partial charge in [-0.05, 0) is 112 Å². The highest BCUT2D eigenvalue weighted by Crippen LogP contribution is 2.64. The molecule has 7 heteroatoms. The number of ether oxygens (including phenoxy) is 2. The maximum Gasteiger partial charge on any atom is 0.193 e. The number of hydrogen-bond donors (Lipinski definition) is 1. The van der Waals surface area contributed by atoms with E-state index >= 15 is 0 Å². The van der Waals surface area contributed by atoms with Crippen molar-refractivity contribution in [1.82, 2.24) is 9.80 Å². The maximum absolute atomic E-state index is 11.9. The fourth-order valence-electron chi connectivity index (χ4n) is 11.8. The van der Waals surface area contributed by atoms with Gasteiger partial charge in [-0.3, -0.25) is 9.80 Å². The highest BCUT2D eigenvalue weighted by Gasteiger charge is 2.73. The molecule has 1 N–H and O–H groups in total. The molecule has 4 heterocycles. The summed E-state index contributed by atoms with van der Waals surface area (Å²) in [6.45, 7) is 12.3. The number of benzene rings is 1. The van der Waals surface area contributed by atoms with Gasteiger partial charge in [-0.1, -0.05) is 114 Å². The molecule has 6 nitrogen and oxygen atoms in total. The van der Waals surface area contributed by atoms with Crippen LogP contribution in [-0.4, -0.2) is 86.9 Å². The van der Waals surface area contributed by atoms with Gasteiger partial charge in [-0.15, -0.1) is 0 Å². The molecule has 1 spiro atoms. The highest BCUT2D eigenvalue weighted by atomic mass is 28.4. The van der Waals surface area contributed by atoms with Crippen molar-refractivity contribution in [3.05, 3.63) is 66.3 Å². The van der Waals surface area contributed by atoms with E-state index in [1.54, 1.807) is 7.11 Å². The minimum atomic E-state index is -2.07. The zero-order valence-corrected chi connectivity index (χ0v) is 35.0. The van der Waals surface area contributed by atoms with Gasteiger partial charge in [0, 0.05) is 18.0 Å². The molecule has 7 atom stereocenters. The Labute approximate surface area is 324 Å². The summed E-state index contributed by atoms with van der Waals surface area (Å²) in [5, 5.41) is 11.9. The molecule has 1 saturated carbocycles. The number of hydrogen-bond acceptors (Lipinski definition) is 6. The monoisotopic (exact) mass is 747 g/mol. The van der Waals surface area contributed by atoms with Crippen LogP contribution >= 0.6 is 0 Å². The number of piperidine rings is 1. The second kappa shape index (κ2) is 19.4. The summed E-state index contributed by atoms with van der Waals surface area (Å²) in [5.41, 5.74) is 0.754. The lowest BCUT2D eigenvalue weighted by molar-refractivity contribution is -0.214. The minimum Gasteiger partial charge on any atom is -0.497 e. The molecule has 4 bridgehead atoms.